The average molecular weight is 399 g/mol. The number of benzene rings is 2. The number of hydrogen-bond acceptors (Lipinski definition) is 1. The van der Waals surface area contributed by atoms with Crippen LogP contribution in [0, 0.1) is 6.92 Å². The zero-order chi connectivity index (χ0) is 21.2. The lowest BCUT2D eigenvalue weighted by molar-refractivity contribution is -0.137. The molecule has 29 heavy (non-hydrogen) atoms. The zero-order valence-electron chi connectivity index (χ0n) is 16.0. The van der Waals surface area contributed by atoms with E-state index in [1.807, 2.05) is 36.6 Å². The highest BCUT2D eigenvalue weighted by atomic mass is 19.4. The van der Waals surface area contributed by atoms with Crippen molar-refractivity contribution >= 4 is 12.0 Å². The molecule has 3 aromatic rings. The molecule has 0 atom stereocenters. The van der Waals surface area contributed by atoms with Crippen LogP contribution in [0.2, 0.25) is 0 Å². The van der Waals surface area contributed by atoms with Crippen molar-refractivity contribution in [3.8, 4) is 16.8 Å². The number of hydrogen-bond donors (Lipinski definition) is 1. The lowest BCUT2D eigenvalue weighted by Crippen LogP contribution is -2.04. The number of halogens is 3. The van der Waals surface area contributed by atoms with Crippen LogP contribution < -0.4 is 0 Å². The Bertz CT molecular complexity index is 1080. The maximum atomic E-state index is 13.1. The number of carbonyl (C=O) groups is 1. The molecule has 0 aliphatic carbocycles. The SMILES string of the molecule is CC/C=C/c1cc(-c2cccc(C(F)(F)F)c2)c(C)n1-c1cccc(C(=O)O)c1. The molecule has 0 bridgehead atoms. The monoisotopic (exact) mass is 399 g/mol. The van der Waals surface area contributed by atoms with Crippen LogP contribution >= 0.6 is 0 Å². The molecule has 3 nitrogen and oxygen atoms in total. The van der Waals surface area contributed by atoms with Crippen LogP contribution in [-0.2, 0) is 6.18 Å². The molecular formula is C23H20F3NO2. The summed E-state index contributed by atoms with van der Waals surface area (Å²) in [6.45, 7) is 3.79. The summed E-state index contributed by atoms with van der Waals surface area (Å²) in [5.41, 5.74) is 2.67. The van der Waals surface area contributed by atoms with Gasteiger partial charge in [-0.05, 0) is 61.4 Å². The van der Waals surface area contributed by atoms with E-state index in [0.29, 0.717) is 16.8 Å². The zero-order valence-corrected chi connectivity index (χ0v) is 16.0. The van der Waals surface area contributed by atoms with Crippen molar-refractivity contribution in [3.05, 3.63) is 83.2 Å². The van der Waals surface area contributed by atoms with Gasteiger partial charge in [-0.15, -0.1) is 0 Å². The topological polar surface area (TPSA) is 42.2 Å². The quantitative estimate of drug-likeness (QED) is 0.526. The lowest BCUT2D eigenvalue weighted by atomic mass is 10.0. The van der Waals surface area contributed by atoms with Crippen LogP contribution in [0.1, 0.15) is 40.7 Å². The smallest absolute Gasteiger partial charge is 0.416 e. The van der Waals surface area contributed by atoms with Gasteiger partial charge in [0.05, 0.1) is 11.1 Å². The van der Waals surface area contributed by atoms with Crippen LogP contribution in [0.4, 0.5) is 13.2 Å². The van der Waals surface area contributed by atoms with Crippen molar-refractivity contribution in [3.63, 3.8) is 0 Å². The molecular weight excluding hydrogens is 379 g/mol. The molecule has 2 aromatic carbocycles. The number of aromatic nitrogens is 1. The third kappa shape index (κ3) is 4.26. The first kappa shape index (κ1) is 20.5. The molecule has 1 N–H and O–H groups in total. The molecule has 0 amide bonds. The van der Waals surface area contributed by atoms with Crippen molar-refractivity contribution in [1.29, 1.82) is 0 Å². The number of aromatic carboxylic acids is 1. The molecule has 0 aliphatic rings. The minimum absolute atomic E-state index is 0.140. The maximum Gasteiger partial charge on any atom is 0.416 e. The molecule has 0 saturated heterocycles. The highest BCUT2D eigenvalue weighted by Gasteiger charge is 2.30. The Hall–Kier alpha value is -3.28. The fourth-order valence-electron chi connectivity index (χ4n) is 3.27. The minimum Gasteiger partial charge on any atom is -0.478 e. The molecule has 0 saturated carbocycles. The summed E-state index contributed by atoms with van der Waals surface area (Å²) in [5, 5.41) is 9.30. The van der Waals surface area contributed by atoms with E-state index in [1.165, 1.54) is 12.1 Å². The van der Waals surface area contributed by atoms with Crippen LogP contribution in [0.3, 0.4) is 0 Å². The Labute approximate surface area is 166 Å². The number of rotatable bonds is 5. The van der Waals surface area contributed by atoms with Gasteiger partial charge in [0, 0.05) is 22.6 Å². The first-order valence-corrected chi connectivity index (χ1v) is 9.12. The largest absolute Gasteiger partial charge is 0.478 e. The van der Waals surface area contributed by atoms with Crippen LogP contribution in [0.5, 0.6) is 0 Å². The lowest BCUT2D eigenvalue weighted by Gasteiger charge is -2.12. The van der Waals surface area contributed by atoms with Gasteiger partial charge in [0.1, 0.15) is 0 Å². The summed E-state index contributed by atoms with van der Waals surface area (Å²) < 4.78 is 41.3. The van der Waals surface area contributed by atoms with Crippen molar-refractivity contribution in [2.45, 2.75) is 26.4 Å². The second kappa shape index (κ2) is 7.99. The normalized spacial score (nSPS) is 11.9. The summed E-state index contributed by atoms with van der Waals surface area (Å²) in [4.78, 5) is 11.4. The van der Waals surface area contributed by atoms with Gasteiger partial charge in [-0.1, -0.05) is 31.2 Å². The molecule has 0 spiro atoms. The van der Waals surface area contributed by atoms with Crippen LogP contribution in [0.15, 0.2) is 60.7 Å². The van der Waals surface area contributed by atoms with Crippen molar-refractivity contribution in [2.75, 3.05) is 0 Å². The molecule has 1 aromatic heterocycles. The third-order valence-electron chi connectivity index (χ3n) is 4.65. The summed E-state index contributed by atoms with van der Waals surface area (Å²) >= 11 is 0. The third-order valence-corrected chi connectivity index (χ3v) is 4.65. The predicted molar refractivity (Wildman–Crippen MR) is 107 cm³/mol. The molecule has 0 fully saturated rings. The van der Waals surface area contributed by atoms with Crippen LogP contribution in [0.25, 0.3) is 22.9 Å². The van der Waals surface area contributed by atoms with Crippen molar-refractivity contribution in [1.82, 2.24) is 4.57 Å². The molecule has 0 aliphatic heterocycles. The predicted octanol–water partition coefficient (Wildman–Crippen LogP) is 6.59. The molecule has 1 heterocycles. The van der Waals surface area contributed by atoms with Gasteiger partial charge in [-0.25, -0.2) is 4.79 Å². The van der Waals surface area contributed by atoms with E-state index >= 15 is 0 Å². The number of allylic oxidation sites excluding steroid dienone is 1. The Morgan fingerprint density at radius 3 is 2.48 bits per heavy atom. The van der Waals surface area contributed by atoms with Gasteiger partial charge < -0.3 is 9.67 Å². The standard InChI is InChI=1S/C23H20F3NO2/c1-3-4-10-20-14-21(16-7-5-9-18(12-16)23(24,25)26)15(2)27(20)19-11-6-8-17(13-19)22(28)29/h4-14H,3H2,1-2H3,(H,28,29)/b10-4+. The fourth-order valence-corrected chi connectivity index (χ4v) is 3.27. The van der Waals surface area contributed by atoms with E-state index in [0.717, 1.165) is 29.9 Å². The van der Waals surface area contributed by atoms with Gasteiger partial charge >= 0.3 is 12.1 Å². The first-order valence-electron chi connectivity index (χ1n) is 9.12. The van der Waals surface area contributed by atoms with Crippen molar-refractivity contribution in [2.24, 2.45) is 0 Å². The van der Waals surface area contributed by atoms with E-state index < -0.39 is 17.7 Å². The highest BCUT2D eigenvalue weighted by Crippen LogP contribution is 2.35. The summed E-state index contributed by atoms with van der Waals surface area (Å²) in [6, 6.07) is 13.5. The summed E-state index contributed by atoms with van der Waals surface area (Å²) in [7, 11) is 0. The molecule has 6 heteroatoms. The Morgan fingerprint density at radius 2 is 1.83 bits per heavy atom. The van der Waals surface area contributed by atoms with Gasteiger partial charge in [-0.3, -0.25) is 0 Å². The van der Waals surface area contributed by atoms with Crippen molar-refractivity contribution < 1.29 is 23.1 Å². The first-order chi connectivity index (χ1) is 13.7. The molecule has 3 rings (SSSR count). The molecule has 150 valence electrons. The summed E-state index contributed by atoms with van der Waals surface area (Å²) in [5.74, 6) is -1.04. The van der Waals surface area contributed by atoms with E-state index in [9.17, 15) is 23.1 Å². The Morgan fingerprint density at radius 1 is 1.10 bits per heavy atom. The van der Waals surface area contributed by atoms with Gasteiger partial charge in [0.25, 0.3) is 0 Å². The van der Waals surface area contributed by atoms with Gasteiger partial charge in [0.2, 0.25) is 0 Å². The number of nitrogens with zero attached hydrogens (tertiary/aromatic N) is 1. The molecule has 0 unspecified atom stereocenters. The van der Waals surface area contributed by atoms with E-state index in [2.05, 4.69) is 0 Å². The Balaban J connectivity index is 2.21. The van der Waals surface area contributed by atoms with Gasteiger partial charge in [-0.2, -0.15) is 13.2 Å². The van der Waals surface area contributed by atoms with Gasteiger partial charge in [0.15, 0.2) is 0 Å². The Kier molecular flexibility index (Phi) is 5.64. The van der Waals surface area contributed by atoms with E-state index in [4.69, 9.17) is 0 Å². The second-order valence-electron chi connectivity index (χ2n) is 6.65. The maximum absolute atomic E-state index is 13.1. The second-order valence-corrected chi connectivity index (χ2v) is 6.65. The molecule has 0 radical (unpaired) electrons. The average Bonchev–Trinajstić information content (AvgIpc) is 3.02. The van der Waals surface area contributed by atoms with E-state index in [-0.39, 0.29) is 5.56 Å². The number of alkyl halides is 3. The highest BCUT2D eigenvalue weighted by molar-refractivity contribution is 5.88. The fraction of sp³-hybridized carbons (Fsp3) is 0.174. The number of carboxylic acids is 1. The van der Waals surface area contributed by atoms with Crippen LogP contribution in [-0.4, -0.2) is 15.6 Å². The summed E-state index contributed by atoms with van der Waals surface area (Å²) in [6.07, 6.45) is 0.200. The number of carboxylic acid groups (broad SMARTS) is 1. The minimum atomic E-state index is -4.42. The van der Waals surface area contributed by atoms with E-state index in [1.54, 1.807) is 24.3 Å².